The topological polar surface area (TPSA) is 46.2 Å². The molecule has 104 valence electrons. The highest BCUT2D eigenvalue weighted by atomic mass is 32.2. The van der Waals surface area contributed by atoms with Crippen LogP contribution in [-0.2, 0) is 15.6 Å². The normalized spacial score (nSPS) is 12.1. The van der Waals surface area contributed by atoms with Gasteiger partial charge in [0.2, 0.25) is 5.91 Å². The highest BCUT2D eigenvalue weighted by Crippen LogP contribution is 2.28. The summed E-state index contributed by atoms with van der Waals surface area (Å²) in [6, 6.07) is 19.3. The van der Waals surface area contributed by atoms with Gasteiger partial charge in [0.05, 0.1) is 5.25 Å². The van der Waals surface area contributed by atoms with E-state index in [0.717, 1.165) is 11.1 Å². The van der Waals surface area contributed by atoms with Crippen LogP contribution in [0.4, 0.5) is 0 Å². The third-order valence-corrected chi connectivity index (χ3v) is 4.64. The molecule has 1 atom stereocenters. The summed E-state index contributed by atoms with van der Waals surface area (Å²) in [6.07, 6.45) is 0. The number of carbonyl (C=O) groups excluding carboxylic acids is 1. The zero-order valence-electron chi connectivity index (χ0n) is 11.3. The summed E-state index contributed by atoms with van der Waals surface area (Å²) in [4.78, 5) is 11.5. The van der Waals surface area contributed by atoms with Crippen LogP contribution in [0.15, 0.2) is 60.7 Å². The Balaban J connectivity index is 2.35. The van der Waals surface area contributed by atoms with Gasteiger partial charge in [0, 0.05) is 17.8 Å². The lowest BCUT2D eigenvalue weighted by Gasteiger charge is -2.17. The molecule has 2 aromatic rings. The molecule has 1 N–H and O–H groups in total. The van der Waals surface area contributed by atoms with E-state index in [-0.39, 0.29) is 16.9 Å². The summed E-state index contributed by atoms with van der Waals surface area (Å²) >= 11 is 0. The van der Waals surface area contributed by atoms with Gasteiger partial charge in [0.15, 0.2) is 0 Å². The van der Waals surface area contributed by atoms with E-state index in [0.29, 0.717) is 0 Å². The Morgan fingerprint density at radius 3 is 1.85 bits per heavy atom. The van der Waals surface area contributed by atoms with Gasteiger partial charge in [-0.2, -0.15) is 0 Å². The van der Waals surface area contributed by atoms with Crippen LogP contribution in [0.2, 0.25) is 0 Å². The van der Waals surface area contributed by atoms with Gasteiger partial charge < -0.3 is 5.32 Å². The van der Waals surface area contributed by atoms with Gasteiger partial charge in [-0.1, -0.05) is 60.7 Å². The molecule has 0 aromatic heterocycles. The first-order valence-corrected chi connectivity index (χ1v) is 7.78. The first-order valence-electron chi connectivity index (χ1n) is 6.40. The molecule has 0 spiro atoms. The molecule has 2 aromatic carbocycles. The van der Waals surface area contributed by atoms with Crippen molar-refractivity contribution in [3.63, 3.8) is 0 Å². The molecule has 0 saturated carbocycles. The van der Waals surface area contributed by atoms with Crippen LogP contribution in [0.5, 0.6) is 0 Å². The van der Waals surface area contributed by atoms with E-state index in [1.165, 1.54) is 0 Å². The van der Waals surface area contributed by atoms with E-state index >= 15 is 0 Å². The smallest absolute Gasteiger partial charge is 0.232 e. The minimum absolute atomic E-state index is 0.00492. The Kier molecular flexibility index (Phi) is 5.07. The number of nitrogens with one attached hydrogen (secondary N) is 1. The molecule has 0 radical (unpaired) electrons. The number of hydrogen-bond donors (Lipinski definition) is 1. The summed E-state index contributed by atoms with van der Waals surface area (Å²) in [7, 11) is 0.253. The number of carbonyl (C=O) groups is 1. The van der Waals surface area contributed by atoms with E-state index in [2.05, 4.69) is 5.32 Å². The van der Waals surface area contributed by atoms with Crippen LogP contribution in [0.25, 0.3) is 0 Å². The summed E-state index contributed by atoms with van der Waals surface area (Å²) in [5, 5.41) is 2.24. The number of benzene rings is 2. The van der Waals surface area contributed by atoms with Crippen LogP contribution in [0.3, 0.4) is 0 Å². The van der Waals surface area contributed by atoms with Gasteiger partial charge in [-0.25, -0.2) is 0 Å². The first-order chi connectivity index (χ1) is 9.72. The minimum atomic E-state index is -1.30. The second-order valence-electron chi connectivity index (χ2n) is 4.40. The van der Waals surface area contributed by atoms with Crippen molar-refractivity contribution in [2.24, 2.45) is 0 Å². The molecule has 0 saturated heterocycles. The lowest BCUT2D eigenvalue weighted by molar-refractivity contribution is -0.118. The van der Waals surface area contributed by atoms with Gasteiger partial charge >= 0.3 is 0 Å². The first kappa shape index (κ1) is 14.5. The van der Waals surface area contributed by atoms with Crippen molar-refractivity contribution in [1.82, 2.24) is 5.32 Å². The van der Waals surface area contributed by atoms with Crippen molar-refractivity contribution >= 4 is 16.7 Å². The molecule has 4 heteroatoms. The van der Waals surface area contributed by atoms with Crippen molar-refractivity contribution in [3.8, 4) is 0 Å². The van der Waals surface area contributed by atoms with Crippen molar-refractivity contribution in [2.45, 2.75) is 5.25 Å². The SMILES string of the molecule is CNC(=O)CS(=O)C(c1ccccc1)c1ccccc1. The summed E-state index contributed by atoms with van der Waals surface area (Å²) in [6.45, 7) is 0. The van der Waals surface area contributed by atoms with Gasteiger partial charge in [-0.05, 0) is 11.1 Å². The fourth-order valence-electron chi connectivity index (χ4n) is 2.04. The molecule has 1 amide bonds. The summed E-state index contributed by atoms with van der Waals surface area (Å²) < 4.78 is 12.6. The zero-order chi connectivity index (χ0) is 14.4. The Morgan fingerprint density at radius 1 is 1.00 bits per heavy atom. The average molecular weight is 287 g/mol. The second kappa shape index (κ2) is 7.01. The molecule has 3 nitrogen and oxygen atoms in total. The van der Waals surface area contributed by atoms with Crippen molar-refractivity contribution < 1.29 is 9.00 Å². The molecule has 2 rings (SSSR count). The molecule has 0 fully saturated rings. The Bertz CT molecular complexity index is 544. The highest BCUT2D eigenvalue weighted by molar-refractivity contribution is 7.86. The molecular weight excluding hydrogens is 270 g/mol. The maximum absolute atomic E-state index is 12.6. The van der Waals surface area contributed by atoms with Crippen LogP contribution >= 0.6 is 0 Å². The largest absolute Gasteiger partial charge is 0.358 e. The van der Waals surface area contributed by atoms with Gasteiger partial charge in [-0.15, -0.1) is 0 Å². The monoisotopic (exact) mass is 287 g/mol. The maximum atomic E-state index is 12.6. The highest BCUT2D eigenvalue weighted by Gasteiger charge is 2.22. The third-order valence-electron chi connectivity index (χ3n) is 3.02. The minimum Gasteiger partial charge on any atom is -0.358 e. The fourth-order valence-corrected chi connectivity index (χ4v) is 3.53. The lowest BCUT2D eigenvalue weighted by Crippen LogP contribution is -2.26. The van der Waals surface area contributed by atoms with E-state index in [1.54, 1.807) is 7.05 Å². The molecular formula is C16H17NO2S. The molecule has 0 bridgehead atoms. The Hall–Kier alpha value is -1.94. The summed E-state index contributed by atoms with van der Waals surface area (Å²) in [5.74, 6) is -0.203. The average Bonchev–Trinajstić information content (AvgIpc) is 2.49. The number of rotatable bonds is 5. The quantitative estimate of drug-likeness (QED) is 0.917. The second-order valence-corrected chi connectivity index (χ2v) is 5.92. The van der Waals surface area contributed by atoms with E-state index in [1.807, 2.05) is 60.7 Å². The number of hydrogen-bond acceptors (Lipinski definition) is 2. The fraction of sp³-hybridized carbons (Fsp3) is 0.188. The Morgan fingerprint density at radius 2 is 1.45 bits per heavy atom. The van der Waals surface area contributed by atoms with E-state index in [9.17, 15) is 9.00 Å². The molecule has 0 heterocycles. The predicted molar refractivity (Wildman–Crippen MR) is 81.8 cm³/mol. The van der Waals surface area contributed by atoms with Crippen LogP contribution in [0.1, 0.15) is 16.4 Å². The van der Waals surface area contributed by atoms with Crippen LogP contribution in [0, 0.1) is 0 Å². The third kappa shape index (κ3) is 3.54. The van der Waals surface area contributed by atoms with Crippen molar-refractivity contribution in [3.05, 3.63) is 71.8 Å². The van der Waals surface area contributed by atoms with Crippen molar-refractivity contribution in [2.75, 3.05) is 12.8 Å². The molecule has 0 aliphatic rings. The van der Waals surface area contributed by atoms with Gasteiger partial charge in [0.25, 0.3) is 0 Å². The molecule has 1 unspecified atom stereocenters. The predicted octanol–water partition coefficient (Wildman–Crippen LogP) is 2.27. The van der Waals surface area contributed by atoms with Crippen LogP contribution < -0.4 is 5.32 Å². The van der Waals surface area contributed by atoms with E-state index in [4.69, 9.17) is 0 Å². The maximum Gasteiger partial charge on any atom is 0.232 e. The van der Waals surface area contributed by atoms with Crippen molar-refractivity contribution in [1.29, 1.82) is 0 Å². The van der Waals surface area contributed by atoms with Gasteiger partial charge in [-0.3, -0.25) is 9.00 Å². The van der Waals surface area contributed by atoms with Gasteiger partial charge in [0.1, 0.15) is 5.75 Å². The number of amides is 1. The molecule has 20 heavy (non-hydrogen) atoms. The zero-order valence-corrected chi connectivity index (χ0v) is 12.1. The summed E-state index contributed by atoms with van der Waals surface area (Å²) in [5.41, 5.74) is 1.92. The van der Waals surface area contributed by atoms with E-state index < -0.39 is 10.8 Å². The standard InChI is InChI=1S/C16H17NO2S/c1-17-15(18)12-20(19)16(13-8-4-2-5-9-13)14-10-6-3-7-11-14/h2-11,16H,12H2,1H3,(H,17,18). The van der Waals surface area contributed by atoms with Crippen LogP contribution in [-0.4, -0.2) is 22.9 Å². The molecule has 0 aliphatic carbocycles. The Labute approximate surface area is 121 Å². The lowest BCUT2D eigenvalue weighted by atomic mass is 10.0. The molecule has 0 aliphatic heterocycles.